The lowest BCUT2D eigenvalue weighted by molar-refractivity contribution is 0.176. The molecule has 1 aliphatic rings. The molecule has 2 aromatic heterocycles. The summed E-state index contributed by atoms with van der Waals surface area (Å²) in [6, 6.07) is 6.03. The number of hydrogen-bond acceptors (Lipinski definition) is 5. The number of thiazole rings is 1. The number of piperidine rings is 1. The Hall–Kier alpha value is -1.99. The number of nitrogens with zero attached hydrogens (tertiary/aromatic N) is 4. The molecule has 2 N–H and O–H groups in total. The summed E-state index contributed by atoms with van der Waals surface area (Å²) in [4.78, 5) is 15.9. The molecule has 0 amide bonds. The van der Waals surface area contributed by atoms with E-state index in [1.54, 1.807) is 11.3 Å². The zero-order chi connectivity index (χ0) is 19.6. The Labute approximate surface area is 172 Å². The molecule has 1 aliphatic heterocycles. The second-order valence-corrected chi connectivity index (χ2v) is 8.20. The van der Waals surface area contributed by atoms with Crippen LogP contribution in [0.15, 0.2) is 34.8 Å². The summed E-state index contributed by atoms with van der Waals surface area (Å²) in [6.07, 6.45) is 6.23. The molecule has 1 fully saturated rings. The van der Waals surface area contributed by atoms with Crippen LogP contribution in [-0.4, -0.2) is 54.1 Å². The molecule has 0 aliphatic carbocycles. The molecular formula is C21H32N6S. The van der Waals surface area contributed by atoms with Gasteiger partial charge in [-0.15, -0.1) is 11.3 Å². The summed E-state index contributed by atoms with van der Waals surface area (Å²) >= 11 is 1.79. The van der Waals surface area contributed by atoms with Crippen molar-refractivity contribution in [3.63, 3.8) is 0 Å². The Morgan fingerprint density at radius 2 is 2.11 bits per heavy atom. The standard InChI is InChI=1S/C21H32N6S/c1-3-20-26-19(16-28-20)15-27-12-8-17(9-13-27)14-25-21(22-2)24-11-7-18-6-4-5-10-23-18/h4-6,10,16-17H,3,7-9,11-15H2,1-2H3,(H2,22,24,25). The molecule has 1 saturated heterocycles. The van der Waals surface area contributed by atoms with E-state index in [2.05, 4.69) is 43.9 Å². The molecule has 28 heavy (non-hydrogen) atoms. The zero-order valence-corrected chi connectivity index (χ0v) is 17.8. The van der Waals surface area contributed by atoms with Gasteiger partial charge in [0.25, 0.3) is 0 Å². The highest BCUT2D eigenvalue weighted by atomic mass is 32.1. The molecule has 7 heteroatoms. The third kappa shape index (κ3) is 6.56. The van der Waals surface area contributed by atoms with Crippen LogP contribution in [0.3, 0.4) is 0 Å². The van der Waals surface area contributed by atoms with Gasteiger partial charge in [0, 0.05) is 50.4 Å². The Kier molecular flexibility index (Phi) is 8.23. The summed E-state index contributed by atoms with van der Waals surface area (Å²) in [7, 11) is 1.83. The van der Waals surface area contributed by atoms with Crippen LogP contribution in [0.5, 0.6) is 0 Å². The molecule has 0 bridgehead atoms. The number of likely N-dealkylation sites (tertiary alicyclic amines) is 1. The lowest BCUT2D eigenvalue weighted by Gasteiger charge is -2.31. The van der Waals surface area contributed by atoms with Crippen molar-refractivity contribution in [2.75, 3.05) is 33.2 Å². The van der Waals surface area contributed by atoms with Crippen LogP contribution in [0.2, 0.25) is 0 Å². The number of nitrogens with one attached hydrogen (secondary N) is 2. The minimum atomic E-state index is 0.701. The number of aryl methyl sites for hydroxylation is 1. The summed E-state index contributed by atoms with van der Waals surface area (Å²) in [5.74, 6) is 1.58. The van der Waals surface area contributed by atoms with Crippen LogP contribution in [0.25, 0.3) is 0 Å². The van der Waals surface area contributed by atoms with E-state index in [1.807, 2.05) is 25.4 Å². The summed E-state index contributed by atoms with van der Waals surface area (Å²) in [6.45, 7) is 7.28. The third-order valence-corrected chi connectivity index (χ3v) is 6.22. The second kappa shape index (κ2) is 11.1. The molecule has 6 nitrogen and oxygen atoms in total. The minimum Gasteiger partial charge on any atom is -0.356 e. The van der Waals surface area contributed by atoms with Crippen LogP contribution in [-0.2, 0) is 19.4 Å². The van der Waals surface area contributed by atoms with Crippen LogP contribution in [0, 0.1) is 5.92 Å². The van der Waals surface area contributed by atoms with E-state index in [0.29, 0.717) is 5.92 Å². The van der Waals surface area contributed by atoms with E-state index in [4.69, 9.17) is 4.98 Å². The van der Waals surface area contributed by atoms with Gasteiger partial charge in [-0.2, -0.15) is 0 Å². The fourth-order valence-electron chi connectivity index (χ4n) is 3.48. The van der Waals surface area contributed by atoms with Crippen molar-refractivity contribution in [3.05, 3.63) is 46.2 Å². The van der Waals surface area contributed by atoms with Gasteiger partial charge in [-0.05, 0) is 50.4 Å². The van der Waals surface area contributed by atoms with Gasteiger partial charge in [0.1, 0.15) is 0 Å². The van der Waals surface area contributed by atoms with Gasteiger partial charge in [-0.25, -0.2) is 4.98 Å². The second-order valence-electron chi connectivity index (χ2n) is 7.26. The van der Waals surface area contributed by atoms with Crippen molar-refractivity contribution in [1.29, 1.82) is 0 Å². The summed E-state index contributed by atoms with van der Waals surface area (Å²) in [5.41, 5.74) is 2.33. The van der Waals surface area contributed by atoms with Crippen molar-refractivity contribution >= 4 is 17.3 Å². The van der Waals surface area contributed by atoms with Gasteiger partial charge in [-0.1, -0.05) is 13.0 Å². The quantitative estimate of drug-likeness (QED) is 0.527. The zero-order valence-electron chi connectivity index (χ0n) is 17.0. The van der Waals surface area contributed by atoms with Crippen LogP contribution in [0.4, 0.5) is 0 Å². The first-order valence-corrected chi connectivity index (χ1v) is 11.1. The predicted octanol–water partition coefficient (Wildman–Crippen LogP) is 2.72. The Balaban J connectivity index is 1.32. The highest BCUT2D eigenvalue weighted by Crippen LogP contribution is 2.19. The van der Waals surface area contributed by atoms with Gasteiger partial charge < -0.3 is 10.6 Å². The van der Waals surface area contributed by atoms with E-state index in [1.165, 1.54) is 23.5 Å². The molecule has 0 unspecified atom stereocenters. The first kappa shape index (κ1) is 20.7. The maximum absolute atomic E-state index is 4.70. The maximum atomic E-state index is 4.70. The predicted molar refractivity (Wildman–Crippen MR) is 117 cm³/mol. The molecule has 152 valence electrons. The van der Waals surface area contributed by atoms with Crippen LogP contribution >= 0.6 is 11.3 Å². The lowest BCUT2D eigenvalue weighted by atomic mass is 9.97. The highest BCUT2D eigenvalue weighted by molar-refractivity contribution is 7.09. The Morgan fingerprint density at radius 3 is 2.79 bits per heavy atom. The number of pyridine rings is 1. The third-order valence-electron chi connectivity index (χ3n) is 5.18. The van der Waals surface area contributed by atoms with E-state index in [9.17, 15) is 0 Å². The average Bonchev–Trinajstić information content (AvgIpc) is 3.20. The lowest BCUT2D eigenvalue weighted by Crippen LogP contribution is -2.43. The van der Waals surface area contributed by atoms with Gasteiger partial charge in [0.05, 0.1) is 10.7 Å². The van der Waals surface area contributed by atoms with Gasteiger partial charge >= 0.3 is 0 Å². The van der Waals surface area contributed by atoms with E-state index in [0.717, 1.165) is 57.2 Å². The maximum Gasteiger partial charge on any atom is 0.190 e. The number of rotatable bonds is 8. The SMILES string of the molecule is CCc1nc(CN2CCC(CNC(=NC)NCCc3ccccn3)CC2)cs1. The van der Waals surface area contributed by atoms with Gasteiger partial charge in [-0.3, -0.25) is 14.9 Å². The fraction of sp³-hybridized carbons (Fsp3) is 0.571. The molecule has 2 aromatic rings. The number of guanidine groups is 1. The van der Waals surface area contributed by atoms with Crippen LogP contribution in [0.1, 0.15) is 36.2 Å². The summed E-state index contributed by atoms with van der Waals surface area (Å²) < 4.78 is 0. The molecule has 0 radical (unpaired) electrons. The summed E-state index contributed by atoms with van der Waals surface area (Å²) in [5, 5.41) is 10.3. The van der Waals surface area contributed by atoms with Crippen LogP contribution < -0.4 is 10.6 Å². The smallest absolute Gasteiger partial charge is 0.190 e. The van der Waals surface area contributed by atoms with E-state index >= 15 is 0 Å². The number of aromatic nitrogens is 2. The van der Waals surface area contributed by atoms with Crippen molar-refractivity contribution < 1.29 is 0 Å². The first-order valence-electron chi connectivity index (χ1n) is 10.3. The Bertz CT molecular complexity index is 722. The monoisotopic (exact) mass is 400 g/mol. The van der Waals surface area contributed by atoms with Gasteiger partial charge in [0.2, 0.25) is 0 Å². The number of aliphatic imine (C=N–C) groups is 1. The first-order chi connectivity index (χ1) is 13.8. The molecular weight excluding hydrogens is 368 g/mol. The molecule has 3 heterocycles. The van der Waals surface area contributed by atoms with Crippen molar-refractivity contribution in [2.45, 2.75) is 39.2 Å². The van der Waals surface area contributed by atoms with Crippen molar-refractivity contribution in [3.8, 4) is 0 Å². The fourth-order valence-corrected chi connectivity index (χ4v) is 4.21. The van der Waals surface area contributed by atoms with Crippen molar-refractivity contribution in [2.24, 2.45) is 10.9 Å². The molecule has 0 saturated carbocycles. The number of hydrogen-bond donors (Lipinski definition) is 2. The van der Waals surface area contributed by atoms with Crippen molar-refractivity contribution in [1.82, 2.24) is 25.5 Å². The normalized spacial score (nSPS) is 16.3. The highest BCUT2D eigenvalue weighted by Gasteiger charge is 2.20. The average molecular weight is 401 g/mol. The largest absolute Gasteiger partial charge is 0.356 e. The van der Waals surface area contributed by atoms with E-state index < -0.39 is 0 Å². The molecule has 0 aromatic carbocycles. The van der Waals surface area contributed by atoms with Gasteiger partial charge in [0.15, 0.2) is 5.96 Å². The molecule has 3 rings (SSSR count). The Morgan fingerprint density at radius 1 is 1.25 bits per heavy atom. The minimum absolute atomic E-state index is 0.701. The topological polar surface area (TPSA) is 65.4 Å². The molecule has 0 atom stereocenters. The molecule has 0 spiro atoms. The van der Waals surface area contributed by atoms with E-state index in [-0.39, 0.29) is 0 Å².